The van der Waals surface area contributed by atoms with Gasteiger partial charge in [0.25, 0.3) is 0 Å². The van der Waals surface area contributed by atoms with Crippen LogP contribution < -0.4 is 5.32 Å². The third kappa shape index (κ3) is 65.5. The lowest BCUT2D eigenvalue weighted by molar-refractivity contribution is -0.143. The number of carbonyl (C=O) groups excluding carboxylic acids is 2. The van der Waals surface area contributed by atoms with Crippen molar-refractivity contribution in [3.63, 3.8) is 0 Å². The number of hydrogen-bond donors (Lipinski definition) is 3. The number of ether oxygens (including phenoxy) is 1. The maximum absolute atomic E-state index is 12.5. The zero-order valence-corrected chi connectivity index (χ0v) is 54.3. The first-order valence-electron chi connectivity index (χ1n) is 36.6. The summed E-state index contributed by atoms with van der Waals surface area (Å²) < 4.78 is 5.47. The molecule has 0 aromatic rings. The van der Waals surface area contributed by atoms with Gasteiger partial charge in [-0.2, -0.15) is 0 Å². The van der Waals surface area contributed by atoms with Crippen molar-refractivity contribution in [1.29, 1.82) is 0 Å². The standard InChI is InChI=1S/C74H143NO5/c1-3-5-7-9-11-13-15-16-17-37-40-43-47-50-54-58-62-66-72(77)71(70-76)75-73(78)67-63-59-55-51-48-44-41-38-35-33-31-29-27-25-23-21-19-18-20-22-24-26-28-30-32-34-36-39-42-45-49-53-57-61-65-69-80-74(79)68-64-60-56-52-46-14-12-10-8-6-4-2/h10,12,20,22,71-72,76-77H,3-9,11,13-19,21,23-70H2,1-2H3,(H,75,78)/b12-10-,22-20-. The molecule has 0 radical (unpaired) electrons. The van der Waals surface area contributed by atoms with Crippen LogP contribution >= 0.6 is 0 Å². The van der Waals surface area contributed by atoms with Crippen molar-refractivity contribution >= 4 is 11.9 Å². The maximum Gasteiger partial charge on any atom is 0.305 e. The number of hydrogen-bond acceptors (Lipinski definition) is 5. The van der Waals surface area contributed by atoms with Crippen molar-refractivity contribution in [3.05, 3.63) is 24.3 Å². The summed E-state index contributed by atoms with van der Waals surface area (Å²) in [6.07, 6.45) is 88.2. The average Bonchev–Trinajstić information content (AvgIpc) is 3.46. The zero-order chi connectivity index (χ0) is 57.8. The number of rotatable bonds is 69. The van der Waals surface area contributed by atoms with Crippen LogP contribution in [0.3, 0.4) is 0 Å². The minimum absolute atomic E-state index is 0.00959. The van der Waals surface area contributed by atoms with Crippen molar-refractivity contribution in [2.24, 2.45) is 0 Å². The highest BCUT2D eigenvalue weighted by atomic mass is 16.5. The molecule has 1 amide bonds. The quantitative estimate of drug-likeness (QED) is 0.0320. The molecule has 0 saturated heterocycles. The molecule has 0 spiro atoms. The van der Waals surface area contributed by atoms with Gasteiger partial charge in [0.2, 0.25) is 5.91 Å². The third-order valence-electron chi connectivity index (χ3n) is 17.2. The Hall–Kier alpha value is -1.66. The van der Waals surface area contributed by atoms with Crippen LogP contribution in [0.2, 0.25) is 0 Å². The third-order valence-corrected chi connectivity index (χ3v) is 17.2. The van der Waals surface area contributed by atoms with Gasteiger partial charge in [0.05, 0.1) is 25.4 Å². The molecule has 3 N–H and O–H groups in total. The van der Waals surface area contributed by atoms with Gasteiger partial charge in [-0.1, -0.05) is 353 Å². The number of aliphatic hydroxyl groups is 2. The molecule has 474 valence electrons. The van der Waals surface area contributed by atoms with Crippen LogP contribution in [0.1, 0.15) is 412 Å². The first kappa shape index (κ1) is 78.3. The highest BCUT2D eigenvalue weighted by Crippen LogP contribution is 2.19. The Labute approximate surface area is 501 Å². The first-order valence-corrected chi connectivity index (χ1v) is 36.6. The van der Waals surface area contributed by atoms with E-state index in [1.54, 1.807) is 0 Å². The number of esters is 1. The second-order valence-electron chi connectivity index (χ2n) is 25.3. The normalized spacial score (nSPS) is 12.6. The molecule has 0 aliphatic rings. The summed E-state index contributed by atoms with van der Waals surface area (Å²) in [7, 11) is 0. The van der Waals surface area contributed by atoms with E-state index >= 15 is 0 Å². The Morgan fingerprint density at radius 1 is 0.338 bits per heavy atom. The molecule has 6 heteroatoms. The second-order valence-corrected chi connectivity index (χ2v) is 25.3. The summed E-state index contributed by atoms with van der Waals surface area (Å²) in [6.45, 7) is 4.95. The summed E-state index contributed by atoms with van der Waals surface area (Å²) in [5.41, 5.74) is 0. The fourth-order valence-electron chi connectivity index (χ4n) is 11.6. The Morgan fingerprint density at radius 3 is 0.925 bits per heavy atom. The molecule has 80 heavy (non-hydrogen) atoms. The highest BCUT2D eigenvalue weighted by Gasteiger charge is 2.20. The Morgan fingerprint density at radius 2 is 0.600 bits per heavy atom. The van der Waals surface area contributed by atoms with Gasteiger partial charge < -0.3 is 20.3 Å². The lowest BCUT2D eigenvalue weighted by Gasteiger charge is -2.22. The van der Waals surface area contributed by atoms with E-state index in [2.05, 4.69) is 43.5 Å². The molecule has 2 unspecified atom stereocenters. The monoisotopic (exact) mass is 1130 g/mol. The van der Waals surface area contributed by atoms with Crippen LogP contribution in [0, 0.1) is 0 Å². The van der Waals surface area contributed by atoms with Gasteiger partial charge in [-0.25, -0.2) is 0 Å². The number of unbranched alkanes of at least 4 members (excludes halogenated alkanes) is 54. The molecule has 0 aliphatic heterocycles. The fourth-order valence-corrected chi connectivity index (χ4v) is 11.6. The molecule has 2 atom stereocenters. The van der Waals surface area contributed by atoms with Crippen molar-refractivity contribution in [1.82, 2.24) is 5.32 Å². The van der Waals surface area contributed by atoms with E-state index in [0.29, 0.717) is 25.9 Å². The van der Waals surface area contributed by atoms with E-state index in [1.165, 1.54) is 334 Å². The van der Waals surface area contributed by atoms with Crippen LogP contribution in [0.15, 0.2) is 24.3 Å². The maximum atomic E-state index is 12.5. The molecule has 0 rings (SSSR count). The number of nitrogens with one attached hydrogen (secondary N) is 1. The molecule has 0 saturated carbocycles. The van der Waals surface area contributed by atoms with E-state index in [0.717, 1.165) is 44.9 Å². The number of aliphatic hydroxyl groups excluding tert-OH is 2. The smallest absolute Gasteiger partial charge is 0.305 e. The SMILES string of the molecule is CCCC/C=C\CCCCCCCC(=O)OCCCCCCCCCCCCCCCC/C=C\CCCCCCCCCCCCCCCCCCCC(=O)NC(CO)C(O)CCCCCCCCCCCCCCCCCCC. The highest BCUT2D eigenvalue weighted by molar-refractivity contribution is 5.76. The van der Waals surface area contributed by atoms with Crippen LogP contribution in [-0.2, 0) is 14.3 Å². The molecular formula is C74H143NO5. The van der Waals surface area contributed by atoms with E-state index in [9.17, 15) is 19.8 Å². The molecule has 0 fully saturated rings. The van der Waals surface area contributed by atoms with E-state index in [-0.39, 0.29) is 18.5 Å². The number of allylic oxidation sites excluding steroid dienone is 4. The Kier molecular flexibility index (Phi) is 68.4. The number of amides is 1. The van der Waals surface area contributed by atoms with Gasteiger partial charge in [0.15, 0.2) is 0 Å². The minimum Gasteiger partial charge on any atom is -0.466 e. The van der Waals surface area contributed by atoms with Gasteiger partial charge in [0.1, 0.15) is 0 Å². The predicted octanol–water partition coefficient (Wildman–Crippen LogP) is 23.7. The van der Waals surface area contributed by atoms with Gasteiger partial charge in [0, 0.05) is 12.8 Å². The van der Waals surface area contributed by atoms with Gasteiger partial charge >= 0.3 is 5.97 Å². The topological polar surface area (TPSA) is 95.9 Å². The van der Waals surface area contributed by atoms with Crippen molar-refractivity contribution < 1.29 is 24.5 Å². The summed E-state index contributed by atoms with van der Waals surface area (Å²) in [5, 5.41) is 23.4. The summed E-state index contributed by atoms with van der Waals surface area (Å²) >= 11 is 0. The van der Waals surface area contributed by atoms with Crippen molar-refractivity contribution in [2.75, 3.05) is 13.2 Å². The van der Waals surface area contributed by atoms with Crippen molar-refractivity contribution in [2.45, 2.75) is 424 Å². The van der Waals surface area contributed by atoms with Crippen LogP contribution in [-0.4, -0.2) is 47.4 Å². The largest absolute Gasteiger partial charge is 0.466 e. The average molecular weight is 1130 g/mol. The van der Waals surface area contributed by atoms with Gasteiger partial charge in [-0.05, 0) is 70.6 Å². The minimum atomic E-state index is -0.662. The van der Waals surface area contributed by atoms with Crippen LogP contribution in [0.25, 0.3) is 0 Å². The Bertz CT molecular complexity index is 1250. The lowest BCUT2D eigenvalue weighted by Crippen LogP contribution is -2.45. The molecule has 0 aromatic heterocycles. The predicted molar refractivity (Wildman–Crippen MR) is 352 cm³/mol. The molecule has 0 heterocycles. The zero-order valence-electron chi connectivity index (χ0n) is 54.3. The molecule has 6 nitrogen and oxygen atoms in total. The lowest BCUT2D eigenvalue weighted by atomic mass is 10.0. The second kappa shape index (κ2) is 69.8. The van der Waals surface area contributed by atoms with Crippen molar-refractivity contribution in [3.8, 4) is 0 Å². The van der Waals surface area contributed by atoms with E-state index in [1.807, 2.05) is 0 Å². The number of carbonyl (C=O) groups is 2. The molecule has 0 aromatic carbocycles. The van der Waals surface area contributed by atoms with Crippen LogP contribution in [0.4, 0.5) is 0 Å². The van der Waals surface area contributed by atoms with Crippen LogP contribution in [0.5, 0.6) is 0 Å². The van der Waals surface area contributed by atoms with E-state index in [4.69, 9.17) is 4.74 Å². The van der Waals surface area contributed by atoms with Gasteiger partial charge in [-0.3, -0.25) is 9.59 Å². The molecule has 0 aliphatic carbocycles. The Balaban J connectivity index is 3.34. The first-order chi connectivity index (χ1) is 39.5. The summed E-state index contributed by atoms with van der Waals surface area (Å²) in [5.74, 6) is -0.0179. The van der Waals surface area contributed by atoms with Gasteiger partial charge in [-0.15, -0.1) is 0 Å². The van der Waals surface area contributed by atoms with E-state index < -0.39 is 12.1 Å². The fraction of sp³-hybridized carbons (Fsp3) is 0.919. The molecule has 0 bridgehead atoms. The molecular weight excluding hydrogens is 983 g/mol. The summed E-state index contributed by atoms with van der Waals surface area (Å²) in [4.78, 5) is 24.5. The summed E-state index contributed by atoms with van der Waals surface area (Å²) in [6, 6.07) is -0.538.